The summed E-state index contributed by atoms with van der Waals surface area (Å²) in [5.41, 5.74) is 0. The summed E-state index contributed by atoms with van der Waals surface area (Å²) in [6, 6.07) is 4.39. The van der Waals surface area contributed by atoms with Gasteiger partial charge in [0.25, 0.3) is 0 Å². The van der Waals surface area contributed by atoms with E-state index in [9.17, 15) is 5.11 Å². The number of hydrogen-bond acceptors (Lipinski definition) is 3. The van der Waals surface area contributed by atoms with Gasteiger partial charge in [0.2, 0.25) is 0 Å². The van der Waals surface area contributed by atoms with E-state index in [0.29, 0.717) is 0 Å². The van der Waals surface area contributed by atoms with Gasteiger partial charge in [0.1, 0.15) is 0 Å². The first-order valence-corrected chi connectivity index (χ1v) is 7.02. The van der Waals surface area contributed by atoms with E-state index in [4.69, 9.17) is 0 Å². The lowest BCUT2D eigenvalue weighted by Crippen LogP contribution is -2.35. The van der Waals surface area contributed by atoms with E-state index < -0.39 is 0 Å². The number of hydrogen-bond donors (Lipinski definition) is 1. The lowest BCUT2D eigenvalue weighted by atomic mass is 10.1. The van der Waals surface area contributed by atoms with E-state index in [1.807, 2.05) is 0 Å². The molecule has 1 aromatic heterocycles. The van der Waals surface area contributed by atoms with Gasteiger partial charge in [-0.05, 0) is 54.0 Å². The van der Waals surface area contributed by atoms with Crippen molar-refractivity contribution in [2.75, 3.05) is 19.7 Å². The monoisotopic (exact) mass is 289 g/mol. The fraction of sp³-hybridized carbons (Fsp3) is 0.636. The second-order valence-corrected chi connectivity index (χ2v) is 6.43. The molecule has 0 saturated carbocycles. The van der Waals surface area contributed by atoms with Crippen LogP contribution in [0.1, 0.15) is 30.2 Å². The van der Waals surface area contributed by atoms with Gasteiger partial charge in [-0.15, -0.1) is 11.3 Å². The third-order valence-electron chi connectivity index (χ3n) is 2.93. The lowest BCUT2D eigenvalue weighted by Gasteiger charge is -2.32. The van der Waals surface area contributed by atoms with Gasteiger partial charge in [-0.1, -0.05) is 6.42 Å². The van der Waals surface area contributed by atoms with Crippen molar-refractivity contribution in [1.29, 1.82) is 0 Å². The topological polar surface area (TPSA) is 23.5 Å². The van der Waals surface area contributed by atoms with Crippen LogP contribution in [0.5, 0.6) is 0 Å². The van der Waals surface area contributed by atoms with Gasteiger partial charge in [0.05, 0.1) is 16.4 Å². The minimum atomic E-state index is 0.210. The van der Waals surface area contributed by atoms with Crippen LogP contribution in [-0.2, 0) is 0 Å². The van der Waals surface area contributed by atoms with Crippen molar-refractivity contribution < 1.29 is 5.11 Å². The fourth-order valence-electron chi connectivity index (χ4n) is 2.12. The number of nitrogens with zero attached hydrogens (tertiary/aromatic N) is 1. The first kappa shape index (κ1) is 11.6. The highest BCUT2D eigenvalue weighted by atomic mass is 79.9. The van der Waals surface area contributed by atoms with Crippen molar-refractivity contribution in [3.05, 3.63) is 20.8 Å². The average molecular weight is 290 g/mol. The number of likely N-dealkylation sites (tertiary alicyclic amines) is 1. The maximum absolute atomic E-state index is 9.49. The fourth-order valence-corrected chi connectivity index (χ4v) is 3.67. The van der Waals surface area contributed by atoms with Crippen LogP contribution in [0.2, 0.25) is 0 Å². The van der Waals surface area contributed by atoms with Crippen LogP contribution >= 0.6 is 27.3 Å². The predicted octanol–water partition coefficient (Wildman–Crippen LogP) is 3.03. The Balaban J connectivity index is 2.08. The molecule has 1 fully saturated rings. The molecular formula is C11H16BrNOS. The van der Waals surface area contributed by atoms with Crippen molar-refractivity contribution in [2.45, 2.75) is 25.3 Å². The molecule has 2 nitrogen and oxygen atoms in total. The quantitative estimate of drug-likeness (QED) is 0.925. The van der Waals surface area contributed by atoms with Gasteiger partial charge in [0, 0.05) is 4.88 Å². The highest BCUT2D eigenvalue weighted by Gasteiger charge is 2.22. The Morgan fingerprint density at radius 2 is 2.07 bits per heavy atom. The zero-order chi connectivity index (χ0) is 10.7. The Kier molecular flexibility index (Phi) is 4.20. The Morgan fingerprint density at radius 3 is 2.60 bits per heavy atom. The molecule has 0 aliphatic carbocycles. The van der Waals surface area contributed by atoms with E-state index >= 15 is 0 Å². The molecule has 1 unspecified atom stereocenters. The summed E-state index contributed by atoms with van der Waals surface area (Å²) in [7, 11) is 0. The van der Waals surface area contributed by atoms with Gasteiger partial charge in [-0.2, -0.15) is 0 Å². The van der Waals surface area contributed by atoms with Crippen LogP contribution in [0.4, 0.5) is 0 Å². The van der Waals surface area contributed by atoms with Crippen molar-refractivity contribution in [3.8, 4) is 0 Å². The molecule has 15 heavy (non-hydrogen) atoms. The minimum Gasteiger partial charge on any atom is -0.394 e. The zero-order valence-corrected chi connectivity index (χ0v) is 11.1. The molecule has 1 aliphatic rings. The summed E-state index contributed by atoms with van der Waals surface area (Å²) in [6.45, 7) is 2.48. The molecule has 4 heteroatoms. The zero-order valence-electron chi connectivity index (χ0n) is 8.66. The van der Waals surface area contributed by atoms with Crippen molar-refractivity contribution in [3.63, 3.8) is 0 Å². The smallest absolute Gasteiger partial charge is 0.0702 e. The second kappa shape index (κ2) is 5.43. The van der Waals surface area contributed by atoms with Crippen LogP contribution in [-0.4, -0.2) is 29.7 Å². The van der Waals surface area contributed by atoms with E-state index in [-0.39, 0.29) is 12.6 Å². The lowest BCUT2D eigenvalue weighted by molar-refractivity contribution is 0.106. The van der Waals surface area contributed by atoms with Crippen LogP contribution in [0.3, 0.4) is 0 Å². The highest BCUT2D eigenvalue weighted by molar-refractivity contribution is 9.11. The number of aliphatic hydroxyl groups is 1. The van der Waals surface area contributed by atoms with E-state index in [1.54, 1.807) is 11.3 Å². The van der Waals surface area contributed by atoms with Gasteiger partial charge < -0.3 is 5.11 Å². The number of halogens is 1. The average Bonchev–Trinajstić information content (AvgIpc) is 2.68. The van der Waals surface area contributed by atoms with Gasteiger partial charge >= 0.3 is 0 Å². The third-order valence-corrected chi connectivity index (χ3v) is 4.65. The summed E-state index contributed by atoms with van der Waals surface area (Å²) in [6.07, 6.45) is 3.87. The van der Waals surface area contributed by atoms with E-state index in [2.05, 4.69) is 33.0 Å². The number of rotatable bonds is 3. The first-order valence-electron chi connectivity index (χ1n) is 5.41. The first-order chi connectivity index (χ1) is 7.31. The van der Waals surface area contributed by atoms with E-state index in [0.717, 1.165) is 16.9 Å². The molecule has 84 valence electrons. The highest BCUT2D eigenvalue weighted by Crippen LogP contribution is 2.31. The standard InChI is InChI=1S/C11H16BrNOS/c12-11-5-4-10(15-11)9(8-14)13-6-2-1-3-7-13/h4-5,9,14H,1-3,6-8H2. The molecule has 1 N–H and O–H groups in total. The summed E-state index contributed by atoms with van der Waals surface area (Å²) in [5.74, 6) is 0. The van der Waals surface area contributed by atoms with Crippen LogP contribution in [0.25, 0.3) is 0 Å². The molecule has 1 atom stereocenters. The Hall–Kier alpha value is 0.1000. The molecule has 0 amide bonds. The van der Waals surface area contributed by atoms with Gasteiger partial charge in [-0.3, -0.25) is 4.90 Å². The van der Waals surface area contributed by atoms with Crippen LogP contribution < -0.4 is 0 Å². The number of piperidine rings is 1. The van der Waals surface area contributed by atoms with Crippen molar-refractivity contribution in [2.24, 2.45) is 0 Å². The minimum absolute atomic E-state index is 0.210. The molecule has 1 saturated heterocycles. The predicted molar refractivity (Wildman–Crippen MR) is 67.3 cm³/mol. The third kappa shape index (κ3) is 2.81. The molecule has 0 bridgehead atoms. The maximum Gasteiger partial charge on any atom is 0.0702 e. The molecule has 2 rings (SSSR count). The largest absolute Gasteiger partial charge is 0.394 e. The number of thiophene rings is 1. The molecule has 1 aliphatic heterocycles. The van der Waals surface area contributed by atoms with Gasteiger partial charge in [-0.25, -0.2) is 0 Å². The summed E-state index contributed by atoms with van der Waals surface area (Å²) < 4.78 is 1.15. The Bertz CT molecular complexity index is 309. The second-order valence-electron chi connectivity index (χ2n) is 3.94. The molecular weight excluding hydrogens is 274 g/mol. The molecule has 0 aromatic carbocycles. The molecule has 2 heterocycles. The van der Waals surface area contributed by atoms with Crippen molar-refractivity contribution >= 4 is 27.3 Å². The van der Waals surface area contributed by atoms with Crippen molar-refractivity contribution in [1.82, 2.24) is 4.90 Å². The summed E-state index contributed by atoms with van der Waals surface area (Å²) >= 11 is 5.20. The van der Waals surface area contributed by atoms with Gasteiger partial charge in [0.15, 0.2) is 0 Å². The number of aliphatic hydroxyl groups excluding tert-OH is 1. The normalized spacial score (nSPS) is 20.4. The Morgan fingerprint density at radius 1 is 1.33 bits per heavy atom. The Labute approximate surface area is 103 Å². The van der Waals surface area contributed by atoms with Crippen LogP contribution in [0.15, 0.2) is 15.9 Å². The molecule has 0 radical (unpaired) electrons. The molecule has 1 aromatic rings. The SMILES string of the molecule is OCC(c1ccc(Br)s1)N1CCCCC1. The summed E-state index contributed by atoms with van der Waals surface area (Å²) in [4.78, 5) is 3.67. The van der Waals surface area contributed by atoms with E-state index in [1.165, 1.54) is 24.1 Å². The molecule has 0 spiro atoms. The van der Waals surface area contributed by atoms with Crippen LogP contribution in [0, 0.1) is 0 Å². The summed E-state index contributed by atoms with van der Waals surface area (Å²) in [5, 5.41) is 9.49. The maximum atomic E-state index is 9.49.